The van der Waals surface area contributed by atoms with Gasteiger partial charge in [0.1, 0.15) is 0 Å². The van der Waals surface area contributed by atoms with Gasteiger partial charge in [0.05, 0.1) is 23.8 Å². The van der Waals surface area contributed by atoms with Crippen LogP contribution in [0.2, 0.25) is 0 Å². The number of nitrogens with zero attached hydrogens (tertiary/aromatic N) is 1. The molecule has 1 fully saturated rings. The molecule has 0 aromatic carbocycles. The molecule has 0 aliphatic carbocycles. The van der Waals surface area contributed by atoms with E-state index in [2.05, 4.69) is 20.9 Å². The Balaban J connectivity index is 1.54. The van der Waals surface area contributed by atoms with Crippen LogP contribution >= 0.6 is 11.3 Å². The maximum Gasteiger partial charge on any atom is 0.321 e. The van der Waals surface area contributed by atoms with Crippen molar-refractivity contribution in [3.05, 3.63) is 10.6 Å². The van der Waals surface area contributed by atoms with Gasteiger partial charge >= 0.3 is 6.03 Å². The van der Waals surface area contributed by atoms with Gasteiger partial charge in [-0.25, -0.2) is 9.78 Å². The van der Waals surface area contributed by atoms with Crippen molar-refractivity contribution in [3.63, 3.8) is 0 Å². The molecule has 20 heavy (non-hydrogen) atoms. The molecule has 0 radical (unpaired) electrons. The highest BCUT2D eigenvalue weighted by Crippen LogP contribution is 2.26. The van der Waals surface area contributed by atoms with E-state index in [0.717, 1.165) is 49.5 Å². The van der Waals surface area contributed by atoms with E-state index in [4.69, 9.17) is 4.74 Å². The molecule has 1 unspecified atom stereocenters. The second-order valence-corrected chi connectivity index (χ2v) is 6.27. The second-order valence-electron chi connectivity index (χ2n) is 5.19. The third-order valence-electron chi connectivity index (χ3n) is 3.60. The fourth-order valence-electron chi connectivity index (χ4n) is 2.54. The fraction of sp³-hybridized carbons (Fsp3) is 0.692. The number of rotatable bonds is 2. The maximum absolute atomic E-state index is 12.0. The van der Waals surface area contributed by atoms with E-state index in [1.165, 1.54) is 17.8 Å². The quantitative estimate of drug-likeness (QED) is 0.773. The van der Waals surface area contributed by atoms with Gasteiger partial charge in [-0.1, -0.05) is 17.8 Å². The van der Waals surface area contributed by atoms with Gasteiger partial charge < -0.3 is 15.4 Å². The summed E-state index contributed by atoms with van der Waals surface area (Å²) in [6.07, 6.45) is 4.20. The first kappa shape index (κ1) is 13.8. The van der Waals surface area contributed by atoms with E-state index in [0.29, 0.717) is 11.7 Å². The van der Waals surface area contributed by atoms with Gasteiger partial charge in [-0.2, -0.15) is 0 Å². The summed E-state index contributed by atoms with van der Waals surface area (Å²) in [5.41, 5.74) is 1.06. The lowest BCUT2D eigenvalue weighted by Gasteiger charge is -2.16. The minimum absolute atomic E-state index is 0.161. The summed E-state index contributed by atoms with van der Waals surface area (Å²) in [4.78, 5) is 17.6. The van der Waals surface area contributed by atoms with Gasteiger partial charge in [-0.15, -0.1) is 0 Å². The molecule has 2 aliphatic heterocycles. The van der Waals surface area contributed by atoms with E-state index >= 15 is 0 Å². The number of thiazole rings is 1. The maximum atomic E-state index is 12.0. The molecule has 0 saturated carbocycles. The molecule has 6 nitrogen and oxygen atoms in total. The highest BCUT2D eigenvalue weighted by atomic mass is 32.1. The van der Waals surface area contributed by atoms with Crippen LogP contribution < -0.4 is 16.0 Å². The molecule has 3 rings (SSSR count). The third-order valence-corrected chi connectivity index (χ3v) is 4.58. The summed E-state index contributed by atoms with van der Waals surface area (Å²) in [7, 11) is 0. The summed E-state index contributed by atoms with van der Waals surface area (Å²) < 4.78 is 5.38. The summed E-state index contributed by atoms with van der Waals surface area (Å²) in [5.74, 6) is 0. The lowest BCUT2D eigenvalue weighted by atomic mass is 10.1. The van der Waals surface area contributed by atoms with Gasteiger partial charge in [0, 0.05) is 19.0 Å². The van der Waals surface area contributed by atoms with Crippen LogP contribution in [0.5, 0.6) is 0 Å². The predicted octanol–water partition coefficient (Wildman–Crippen LogP) is 1.48. The Morgan fingerprint density at radius 3 is 3.30 bits per heavy atom. The third kappa shape index (κ3) is 3.47. The van der Waals surface area contributed by atoms with Crippen molar-refractivity contribution in [2.75, 3.05) is 25.0 Å². The molecule has 110 valence electrons. The first-order valence-corrected chi connectivity index (χ1v) is 7.97. The number of hydrogen-bond donors (Lipinski definition) is 3. The Kier molecular flexibility index (Phi) is 4.49. The van der Waals surface area contributed by atoms with E-state index in [1.54, 1.807) is 0 Å². The molecule has 0 spiro atoms. The lowest BCUT2D eigenvalue weighted by molar-refractivity contribution is 0.112. The highest BCUT2D eigenvalue weighted by molar-refractivity contribution is 7.15. The fourth-order valence-corrected chi connectivity index (χ4v) is 3.48. The van der Waals surface area contributed by atoms with E-state index in [1.807, 2.05) is 0 Å². The number of carbonyl (C=O) groups is 1. The van der Waals surface area contributed by atoms with E-state index in [-0.39, 0.29) is 12.1 Å². The normalized spacial score (nSPS) is 22.7. The summed E-state index contributed by atoms with van der Waals surface area (Å²) in [6.45, 7) is 3.22. The first-order chi connectivity index (χ1) is 9.81. The average molecular weight is 296 g/mol. The van der Waals surface area contributed by atoms with Gasteiger partial charge in [-0.3, -0.25) is 5.32 Å². The minimum atomic E-state index is -0.161. The molecule has 2 aliphatic rings. The minimum Gasteiger partial charge on any atom is -0.375 e. The van der Waals surface area contributed by atoms with E-state index < -0.39 is 0 Å². The Morgan fingerprint density at radius 2 is 2.40 bits per heavy atom. The van der Waals surface area contributed by atoms with Crippen LogP contribution in [-0.2, 0) is 17.8 Å². The zero-order valence-electron chi connectivity index (χ0n) is 11.4. The van der Waals surface area contributed by atoms with E-state index in [9.17, 15) is 4.79 Å². The molecule has 7 heteroatoms. The standard InChI is InChI=1S/C13H20N4O2S/c18-12(15-9-3-1-2-5-14-7-9)17-13-16-10-4-6-19-8-11(10)20-13/h9,14H,1-8H2,(H2,15,16,17,18). The molecule has 3 N–H and O–H groups in total. The van der Waals surface area contributed by atoms with Crippen molar-refractivity contribution < 1.29 is 9.53 Å². The number of anilines is 1. The SMILES string of the molecule is O=C(Nc1nc2c(s1)COCC2)NC1CCCCNC1. The molecule has 3 heterocycles. The number of amides is 2. The lowest BCUT2D eigenvalue weighted by Crippen LogP contribution is -2.42. The molecule has 0 bridgehead atoms. The molecule has 1 aromatic rings. The van der Waals surface area contributed by atoms with Gasteiger partial charge in [-0.05, 0) is 19.4 Å². The predicted molar refractivity (Wildman–Crippen MR) is 78.1 cm³/mol. The van der Waals surface area contributed by atoms with Crippen LogP contribution in [-0.4, -0.2) is 36.8 Å². The van der Waals surface area contributed by atoms with Gasteiger partial charge in [0.25, 0.3) is 0 Å². The van der Waals surface area contributed by atoms with Crippen molar-refractivity contribution in [2.24, 2.45) is 0 Å². The Morgan fingerprint density at radius 1 is 1.45 bits per heavy atom. The van der Waals surface area contributed by atoms with Crippen molar-refractivity contribution in [1.82, 2.24) is 15.6 Å². The van der Waals surface area contributed by atoms with Crippen molar-refractivity contribution >= 4 is 22.5 Å². The number of carbonyl (C=O) groups excluding carboxylic acids is 1. The van der Waals surface area contributed by atoms with Crippen LogP contribution in [0.15, 0.2) is 0 Å². The van der Waals surface area contributed by atoms with Crippen LogP contribution in [0, 0.1) is 0 Å². The summed E-state index contributed by atoms with van der Waals surface area (Å²) in [5, 5.41) is 9.85. The number of ether oxygens (including phenoxy) is 1. The Bertz CT molecular complexity index is 445. The molecule has 1 aromatic heterocycles. The average Bonchev–Trinajstić information content (AvgIpc) is 2.66. The molecular formula is C13H20N4O2S. The van der Waals surface area contributed by atoms with Gasteiger partial charge in [0.15, 0.2) is 5.13 Å². The topological polar surface area (TPSA) is 75.3 Å². The van der Waals surface area contributed by atoms with Crippen molar-refractivity contribution in [3.8, 4) is 0 Å². The van der Waals surface area contributed by atoms with Crippen molar-refractivity contribution in [1.29, 1.82) is 0 Å². The largest absolute Gasteiger partial charge is 0.375 e. The zero-order valence-corrected chi connectivity index (χ0v) is 12.2. The molecule has 1 saturated heterocycles. The van der Waals surface area contributed by atoms with Crippen molar-refractivity contribution in [2.45, 2.75) is 38.3 Å². The number of nitrogens with one attached hydrogen (secondary N) is 3. The highest BCUT2D eigenvalue weighted by Gasteiger charge is 2.18. The Labute approximate surface area is 122 Å². The monoisotopic (exact) mass is 296 g/mol. The van der Waals surface area contributed by atoms with Crippen LogP contribution in [0.25, 0.3) is 0 Å². The first-order valence-electron chi connectivity index (χ1n) is 7.16. The zero-order chi connectivity index (χ0) is 13.8. The number of aromatic nitrogens is 1. The number of fused-ring (bicyclic) bond motifs is 1. The Hall–Kier alpha value is -1.18. The van der Waals surface area contributed by atoms with Gasteiger partial charge in [0.2, 0.25) is 0 Å². The molecule has 2 amide bonds. The van der Waals surface area contributed by atoms with Crippen LogP contribution in [0.4, 0.5) is 9.93 Å². The smallest absolute Gasteiger partial charge is 0.321 e. The number of urea groups is 1. The van der Waals surface area contributed by atoms with Crippen LogP contribution in [0.1, 0.15) is 29.8 Å². The second kappa shape index (κ2) is 6.51. The molecular weight excluding hydrogens is 276 g/mol. The van der Waals surface area contributed by atoms with Crippen LogP contribution in [0.3, 0.4) is 0 Å². The summed E-state index contributed by atoms with van der Waals surface area (Å²) >= 11 is 1.51. The molecule has 1 atom stereocenters. The number of hydrogen-bond acceptors (Lipinski definition) is 5. The summed E-state index contributed by atoms with van der Waals surface area (Å²) in [6, 6.07) is 0.0427.